The monoisotopic (exact) mass is 343 g/mol. The zero-order valence-electron chi connectivity index (χ0n) is 13.7. The van der Waals surface area contributed by atoms with Gasteiger partial charge < -0.3 is 24.6 Å². The van der Waals surface area contributed by atoms with Crippen molar-refractivity contribution in [3.05, 3.63) is 47.5 Å². The van der Waals surface area contributed by atoms with Crippen LogP contribution in [0.1, 0.15) is 28.4 Å². The molecule has 1 heterocycles. The maximum atomic E-state index is 12.2. The van der Waals surface area contributed by atoms with Crippen molar-refractivity contribution in [3.63, 3.8) is 0 Å². The molecule has 0 saturated carbocycles. The summed E-state index contributed by atoms with van der Waals surface area (Å²) in [5, 5.41) is 12.0. The Bertz CT molecular complexity index is 815. The fraction of sp³-hybridized carbons (Fsp3) is 0.222. The number of cyclic esters (lactones) is 1. The first-order valence-electron chi connectivity index (χ1n) is 7.58. The van der Waals surface area contributed by atoms with Gasteiger partial charge in [0, 0.05) is 11.3 Å². The van der Waals surface area contributed by atoms with E-state index in [-0.39, 0.29) is 23.6 Å². The molecule has 0 radical (unpaired) electrons. The Labute approximate surface area is 144 Å². The van der Waals surface area contributed by atoms with E-state index >= 15 is 0 Å². The Kier molecular flexibility index (Phi) is 4.47. The summed E-state index contributed by atoms with van der Waals surface area (Å²) in [6.45, 7) is 0. The van der Waals surface area contributed by atoms with Crippen LogP contribution in [0, 0.1) is 0 Å². The van der Waals surface area contributed by atoms with Gasteiger partial charge in [-0.3, -0.25) is 4.79 Å². The second-order valence-electron chi connectivity index (χ2n) is 5.46. The summed E-state index contributed by atoms with van der Waals surface area (Å²) in [4.78, 5) is 24.4. The second kappa shape index (κ2) is 6.72. The molecule has 7 nitrogen and oxygen atoms in total. The summed E-state index contributed by atoms with van der Waals surface area (Å²) in [6, 6.07) is 9.46. The number of anilines is 1. The molecule has 3 rings (SSSR count). The van der Waals surface area contributed by atoms with Gasteiger partial charge in [0.05, 0.1) is 20.6 Å². The Balaban J connectivity index is 1.79. The molecule has 0 spiro atoms. The van der Waals surface area contributed by atoms with Crippen molar-refractivity contribution in [2.45, 2.75) is 12.5 Å². The van der Waals surface area contributed by atoms with Crippen LogP contribution in [-0.4, -0.2) is 31.2 Å². The number of methoxy groups -OCH3 is 2. The molecule has 1 aliphatic rings. The standard InChI is InChI=1S/C18H17NO6/c1-23-13-8-7-12-14(25-18(22)16(12)17(13)24-2)9-15(21)19-10-3-5-11(20)6-4-10/h3-8,14,20H,9H2,1-2H3,(H,19,21)/t14-/m0/s1. The van der Waals surface area contributed by atoms with Crippen molar-refractivity contribution in [3.8, 4) is 17.2 Å². The Hall–Kier alpha value is -3.22. The van der Waals surface area contributed by atoms with E-state index in [0.717, 1.165) is 0 Å². The molecule has 2 aromatic carbocycles. The third-order valence-corrected chi connectivity index (χ3v) is 3.90. The number of fused-ring (bicyclic) bond motifs is 1. The van der Waals surface area contributed by atoms with E-state index in [2.05, 4.69) is 5.32 Å². The molecule has 25 heavy (non-hydrogen) atoms. The zero-order chi connectivity index (χ0) is 18.0. The Morgan fingerprint density at radius 3 is 2.52 bits per heavy atom. The van der Waals surface area contributed by atoms with Crippen molar-refractivity contribution in [1.29, 1.82) is 0 Å². The number of hydrogen-bond donors (Lipinski definition) is 2. The van der Waals surface area contributed by atoms with Gasteiger partial charge in [-0.1, -0.05) is 6.07 Å². The number of benzene rings is 2. The molecule has 0 aromatic heterocycles. The number of aromatic hydroxyl groups is 1. The Morgan fingerprint density at radius 2 is 1.88 bits per heavy atom. The summed E-state index contributed by atoms with van der Waals surface area (Å²) < 4.78 is 15.8. The first-order valence-corrected chi connectivity index (χ1v) is 7.58. The van der Waals surface area contributed by atoms with Crippen LogP contribution in [0.5, 0.6) is 17.2 Å². The average molecular weight is 343 g/mol. The fourth-order valence-corrected chi connectivity index (χ4v) is 2.75. The van der Waals surface area contributed by atoms with Gasteiger partial charge >= 0.3 is 5.97 Å². The summed E-state index contributed by atoms with van der Waals surface area (Å²) in [5.74, 6) is -0.0316. The third kappa shape index (κ3) is 3.21. The Morgan fingerprint density at radius 1 is 1.16 bits per heavy atom. The molecular weight excluding hydrogens is 326 g/mol. The lowest BCUT2D eigenvalue weighted by atomic mass is 10.0. The van der Waals surface area contributed by atoms with E-state index in [0.29, 0.717) is 22.7 Å². The van der Waals surface area contributed by atoms with Gasteiger partial charge in [-0.25, -0.2) is 4.79 Å². The minimum atomic E-state index is -0.695. The molecule has 0 fully saturated rings. The quantitative estimate of drug-likeness (QED) is 0.640. The molecule has 1 amide bonds. The molecule has 1 atom stereocenters. The minimum absolute atomic E-state index is 0.0326. The minimum Gasteiger partial charge on any atom is -0.508 e. The number of hydrogen-bond acceptors (Lipinski definition) is 6. The first-order chi connectivity index (χ1) is 12.0. The highest BCUT2D eigenvalue weighted by molar-refractivity contribution is 5.99. The van der Waals surface area contributed by atoms with Crippen LogP contribution >= 0.6 is 0 Å². The average Bonchev–Trinajstić information content (AvgIpc) is 2.91. The van der Waals surface area contributed by atoms with Crippen molar-refractivity contribution < 1.29 is 28.9 Å². The van der Waals surface area contributed by atoms with E-state index < -0.39 is 12.1 Å². The molecule has 7 heteroatoms. The van der Waals surface area contributed by atoms with Crippen LogP contribution in [0.25, 0.3) is 0 Å². The van der Waals surface area contributed by atoms with Crippen molar-refractivity contribution >= 4 is 17.6 Å². The second-order valence-corrected chi connectivity index (χ2v) is 5.46. The summed E-state index contributed by atoms with van der Waals surface area (Å²) in [6.07, 6.45) is -0.728. The lowest BCUT2D eigenvalue weighted by Gasteiger charge is -2.12. The SMILES string of the molecule is COc1ccc2c(c1OC)C(=O)O[C@H]2CC(=O)Nc1ccc(O)cc1. The van der Waals surface area contributed by atoms with Crippen molar-refractivity contribution in [1.82, 2.24) is 0 Å². The number of esters is 1. The van der Waals surface area contributed by atoms with Gasteiger partial charge in [0.2, 0.25) is 5.91 Å². The molecule has 2 aromatic rings. The third-order valence-electron chi connectivity index (χ3n) is 3.90. The van der Waals surface area contributed by atoms with Gasteiger partial charge in [-0.2, -0.15) is 0 Å². The molecule has 0 saturated heterocycles. The maximum absolute atomic E-state index is 12.2. The van der Waals surface area contributed by atoms with E-state index in [1.54, 1.807) is 24.3 Å². The highest BCUT2D eigenvalue weighted by Gasteiger charge is 2.36. The highest BCUT2D eigenvalue weighted by atomic mass is 16.6. The van der Waals surface area contributed by atoms with E-state index in [4.69, 9.17) is 14.2 Å². The van der Waals surface area contributed by atoms with Gasteiger partial charge in [0.1, 0.15) is 17.4 Å². The zero-order valence-corrected chi connectivity index (χ0v) is 13.7. The normalized spacial score (nSPS) is 15.3. The van der Waals surface area contributed by atoms with Gasteiger partial charge in [0.25, 0.3) is 0 Å². The summed E-state index contributed by atoms with van der Waals surface area (Å²) in [5.41, 5.74) is 1.41. The van der Waals surface area contributed by atoms with Crippen LogP contribution in [0.3, 0.4) is 0 Å². The molecular formula is C18H17NO6. The van der Waals surface area contributed by atoms with Gasteiger partial charge in [-0.15, -0.1) is 0 Å². The van der Waals surface area contributed by atoms with E-state index in [1.807, 2.05) is 0 Å². The van der Waals surface area contributed by atoms with Crippen LogP contribution in [0.4, 0.5) is 5.69 Å². The molecule has 1 aliphatic heterocycles. The number of ether oxygens (including phenoxy) is 3. The predicted octanol–water partition coefficient (Wildman–Crippen LogP) is 2.65. The molecule has 130 valence electrons. The van der Waals surface area contributed by atoms with Crippen LogP contribution in [-0.2, 0) is 9.53 Å². The number of carbonyl (C=O) groups excluding carboxylic acids is 2. The van der Waals surface area contributed by atoms with Crippen molar-refractivity contribution in [2.24, 2.45) is 0 Å². The fourth-order valence-electron chi connectivity index (χ4n) is 2.75. The highest BCUT2D eigenvalue weighted by Crippen LogP contribution is 2.43. The topological polar surface area (TPSA) is 94.1 Å². The first kappa shape index (κ1) is 16.6. The number of amides is 1. The number of nitrogens with one attached hydrogen (secondary N) is 1. The lowest BCUT2D eigenvalue weighted by Crippen LogP contribution is -2.15. The summed E-state index contributed by atoms with van der Waals surface area (Å²) >= 11 is 0. The molecule has 0 aliphatic carbocycles. The predicted molar refractivity (Wildman–Crippen MR) is 89.1 cm³/mol. The van der Waals surface area contributed by atoms with E-state index in [9.17, 15) is 14.7 Å². The van der Waals surface area contributed by atoms with Crippen LogP contribution in [0.15, 0.2) is 36.4 Å². The van der Waals surface area contributed by atoms with Gasteiger partial charge in [-0.05, 0) is 30.3 Å². The lowest BCUT2D eigenvalue weighted by molar-refractivity contribution is -0.118. The number of rotatable bonds is 5. The molecule has 0 bridgehead atoms. The number of phenols is 1. The van der Waals surface area contributed by atoms with Gasteiger partial charge in [0.15, 0.2) is 11.5 Å². The number of phenolic OH excluding ortho intramolecular Hbond substituents is 1. The van der Waals surface area contributed by atoms with Crippen LogP contribution in [0.2, 0.25) is 0 Å². The summed E-state index contributed by atoms with van der Waals surface area (Å²) in [7, 11) is 2.92. The van der Waals surface area contributed by atoms with Crippen molar-refractivity contribution in [2.75, 3.05) is 19.5 Å². The largest absolute Gasteiger partial charge is 0.508 e. The van der Waals surface area contributed by atoms with E-state index in [1.165, 1.54) is 26.4 Å². The maximum Gasteiger partial charge on any atom is 0.343 e. The number of carbonyl (C=O) groups is 2. The van der Waals surface area contributed by atoms with Crippen LogP contribution < -0.4 is 14.8 Å². The molecule has 2 N–H and O–H groups in total. The molecule has 0 unspecified atom stereocenters. The smallest absolute Gasteiger partial charge is 0.343 e.